The van der Waals surface area contributed by atoms with Gasteiger partial charge in [0.05, 0.1) is 0 Å². The summed E-state index contributed by atoms with van der Waals surface area (Å²) in [5.74, 6) is -1.58. The van der Waals surface area contributed by atoms with Gasteiger partial charge in [-0.05, 0) is 51.3 Å². The summed E-state index contributed by atoms with van der Waals surface area (Å²) in [6.45, 7) is 2.46. The van der Waals surface area contributed by atoms with E-state index in [1.165, 1.54) is 6.07 Å². The van der Waals surface area contributed by atoms with Crippen molar-refractivity contribution in [1.82, 2.24) is 10.2 Å². The largest absolute Gasteiger partial charge is 0.313 e. The molecule has 1 aromatic rings. The molecule has 1 N–H and O–H groups in total. The molecule has 0 spiro atoms. The molecule has 0 radical (unpaired) electrons. The van der Waals surface area contributed by atoms with Crippen LogP contribution in [0.15, 0.2) is 18.2 Å². The Morgan fingerprint density at radius 3 is 2.56 bits per heavy atom. The molecule has 4 heteroatoms. The van der Waals surface area contributed by atoms with Gasteiger partial charge in [-0.1, -0.05) is 6.07 Å². The second-order valence-electron chi connectivity index (χ2n) is 4.08. The Morgan fingerprint density at radius 2 is 1.94 bits per heavy atom. The van der Waals surface area contributed by atoms with Crippen molar-refractivity contribution < 1.29 is 8.78 Å². The molecule has 0 aliphatic heterocycles. The molecule has 0 aromatic heterocycles. The lowest BCUT2D eigenvalue weighted by Gasteiger charge is -2.09. The highest BCUT2D eigenvalue weighted by atomic mass is 19.2. The van der Waals surface area contributed by atoms with Gasteiger partial charge in [0, 0.05) is 6.54 Å². The summed E-state index contributed by atoms with van der Waals surface area (Å²) in [6.07, 6.45) is 1.04. The van der Waals surface area contributed by atoms with Crippen LogP contribution >= 0.6 is 0 Å². The topological polar surface area (TPSA) is 15.3 Å². The average molecular weight is 228 g/mol. The summed E-state index contributed by atoms with van der Waals surface area (Å²) in [6, 6.07) is 3.98. The highest BCUT2D eigenvalue weighted by Crippen LogP contribution is 2.08. The lowest BCUT2D eigenvalue weighted by atomic mass is 10.2. The molecule has 0 heterocycles. The first-order valence-corrected chi connectivity index (χ1v) is 5.39. The van der Waals surface area contributed by atoms with E-state index in [9.17, 15) is 8.78 Å². The van der Waals surface area contributed by atoms with Gasteiger partial charge in [-0.25, -0.2) is 8.78 Å². The van der Waals surface area contributed by atoms with Gasteiger partial charge in [-0.2, -0.15) is 0 Å². The van der Waals surface area contributed by atoms with Gasteiger partial charge in [0.1, 0.15) is 0 Å². The normalized spacial score (nSPS) is 11.1. The van der Waals surface area contributed by atoms with Gasteiger partial charge in [0.2, 0.25) is 0 Å². The quantitative estimate of drug-likeness (QED) is 0.749. The third kappa shape index (κ3) is 4.68. The van der Waals surface area contributed by atoms with Crippen molar-refractivity contribution in [2.24, 2.45) is 0 Å². The molecule has 16 heavy (non-hydrogen) atoms. The smallest absolute Gasteiger partial charge is 0.159 e. The molecule has 1 rings (SSSR count). The fourth-order valence-electron chi connectivity index (χ4n) is 1.40. The van der Waals surface area contributed by atoms with Crippen LogP contribution in [0, 0.1) is 11.6 Å². The fourth-order valence-corrected chi connectivity index (χ4v) is 1.40. The highest BCUT2D eigenvalue weighted by molar-refractivity contribution is 5.17. The molecule has 2 nitrogen and oxygen atoms in total. The van der Waals surface area contributed by atoms with E-state index in [4.69, 9.17) is 0 Å². The maximum atomic E-state index is 12.9. The zero-order chi connectivity index (χ0) is 12.0. The highest BCUT2D eigenvalue weighted by Gasteiger charge is 2.01. The van der Waals surface area contributed by atoms with E-state index in [-0.39, 0.29) is 0 Å². The number of nitrogens with zero attached hydrogens (tertiary/aromatic N) is 1. The maximum absolute atomic E-state index is 12.9. The van der Waals surface area contributed by atoms with Crippen LogP contribution in [0.1, 0.15) is 12.0 Å². The van der Waals surface area contributed by atoms with Gasteiger partial charge in [-0.3, -0.25) is 0 Å². The van der Waals surface area contributed by atoms with E-state index in [1.54, 1.807) is 6.07 Å². The van der Waals surface area contributed by atoms with Crippen molar-refractivity contribution in [3.8, 4) is 0 Å². The molecule has 1 aromatic carbocycles. The lowest BCUT2D eigenvalue weighted by Crippen LogP contribution is -2.21. The van der Waals surface area contributed by atoms with Crippen LogP contribution in [0.5, 0.6) is 0 Å². The maximum Gasteiger partial charge on any atom is 0.159 e. The molecule has 0 atom stereocenters. The Kier molecular flexibility index (Phi) is 5.35. The molecule has 0 saturated heterocycles. The fraction of sp³-hybridized carbons (Fsp3) is 0.500. The zero-order valence-corrected chi connectivity index (χ0v) is 9.76. The summed E-state index contributed by atoms with van der Waals surface area (Å²) in [7, 11) is 4.05. The third-order valence-electron chi connectivity index (χ3n) is 2.27. The molecule has 0 amide bonds. The summed E-state index contributed by atoms with van der Waals surface area (Å²) >= 11 is 0. The average Bonchev–Trinajstić information content (AvgIpc) is 2.22. The summed E-state index contributed by atoms with van der Waals surface area (Å²) < 4.78 is 25.5. The second kappa shape index (κ2) is 6.55. The van der Waals surface area contributed by atoms with Crippen molar-refractivity contribution in [3.63, 3.8) is 0 Å². The SMILES string of the molecule is CN(C)CCCNCc1ccc(F)c(F)c1. The Labute approximate surface area is 95.3 Å². The van der Waals surface area contributed by atoms with Crippen molar-refractivity contribution in [2.75, 3.05) is 27.2 Å². The first-order valence-electron chi connectivity index (χ1n) is 5.39. The zero-order valence-electron chi connectivity index (χ0n) is 9.76. The van der Waals surface area contributed by atoms with Crippen LogP contribution in [0.4, 0.5) is 8.78 Å². The summed E-state index contributed by atoms with van der Waals surface area (Å²) in [5.41, 5.74) is 0.767. The van der Waals surface area contributed by atoms with Crippen LogP contribution in [-0.2, 0) is 6.54 Å². The molecule has 0 bridgehead atoms. The number of benzene rings is 1. The standard InChI is InChI=1S/C12H18F2N2/c1-16(2)7-3-6-15-9-10-4-5-11(13)12(14)8-10/h4-5,8,15H,3,6-7,9H2,1-2H3. The van der Waals surface area contributed by atoms with Gasteiger partial charge in [0.25, 0.3) is 0 Å². The van der Waals surface area contributed by atoms with Crippen molar-refractivity contribution in [2.45, 2.75) is 13.0 Å². The van der Waals surface area contributed by atoms with Crippen molar-refractivity contribution in [1.29, 1.82) is 0 Å². The molecule has 0 unspecified atom stereocenters. The number of nitrogens with one attached hydrogen (secondary N) is 1. The number of halogens is 2. The van der Waals surface area contributed by atoms with Crippen LogP contribution in [-0.4, -0.2) is 32.1 Å². The second-order valence-corrected chi connectivity index (χ2v) is 4.08. The number of rotatable bonds is 6. The summed E-state index contributed by atoms with van der Waals surface area (Å²) in [4.78, 5) is 2.11. The Bertz CT molecular complexity index is 327. The van der Waals surface area contributed by atoms with Gasteiger partial charge in [-0.15, -0.1) is 0 Å². The monoisotopic (exact) mass is 228 g/mol. The third-order valence-corrected chi connectivity index (χ3v) is 2.27. The number of hydrogen-bond donors (Lipinski definition) is 1. The molecular formula is C12H18F2N2. The molecular weight excluding hydrogens is 210 g/mol. The molecule has 0 saturated carbocycles. The van der Waals surface area contributed by atoms with Crippen LogP contribution in [0.2, 0.25) is 0 Å². The molecule has 0 fully saturated rings. The van der Waals surface area contributed by atoms with Crippen LogP contribution < -0.4 is 5.32 Å². The Morgan fingerprint density at radius 1 is 1.19 bits per heavy atom. The van der Waals surface area contributed by atoms with Gasteiger partial charge >= 0.3 is 0 Å². The number of hydrogen-bond acceptors (Lipinski definition) is 2. The Balaban J connectivity index is 2.24. The van der Waals surface area contributed by atoms with Crippen molar-refractivity contribution >= 4 is 0 Å². The Hall–Kier alpha value is -1.00. The van der Waals surface area contributed by atoms with Gasteiger partial charge < -0.3 is 10.2 Å². The lowest BCUT2D eigenvalue weighted by molar-refractivity contribution is 0.394. The minimum atomic E-state index is -0.795. The molecule has 0 aliphatic carbocycles. The van der Waals surface area contributed by atoms with Gasteiger partial charge in [0.15, 0.2) is 11.6 Å². The predicted octanol–water partition coefficient (Wildman–Crippen LogP) is 2.01. The van der Waals surface area contributed by atoms with E-state index in [0.717, 1.165) is 31.1 Å². The first-order chi connectivity index (χ1) is 7.59. The molecule has 0 aliphatic rings. The van der Waals surface area contributed by atoms with E-state index in [1.807, 2.05) is 14.1 Å². The molecule has 90 valence electrons. The van der Waals surface area contributed by atoms with E-state index in [2.05, 4.69) is 10.2 Å². The summed E-state index contributed by atoms with van der Waals surface area (Å²) in [5, 5.41) is 3.19. The minimum Gasteiger partial charge on any atom is -0.313 e. The predicted molar refractivity (Wildman–Crippen MR) is 61.2 cm³/mol. The van der Waals surface area contributed by atoms with Crippen LogP contribution in [0.3, 0.4) is 0 Å². The van der Waals surface area contributed by atoms with E-state index < -0.39 is 11.6 Å². The van der Waals surface area contributed by atoms with E-state index in [0.29, 0.717) is 6.54 Å². The minimum absolute atomic E-state index is 0.574. The first kappa shape index (κ1) is 13.1. The van der Waals surface area contributed by atoms with Crippen molar-refractivity contribution in [3.05, 3.63) is 35.4 Å². The van der Waals surface area contributed by atoms with Crippen LogP contribution in [0.25, 0.3) is 0 Å². The van der Waals surface area contributed by atoms with E-state index >= 15 is 0 Å².